The van der Waals surface area contributed by atoms with E-state index in [0.29, 0.717) is 6.54 Å². The quantitative estimate of drug-likeness (QED) is 0.641. The van der Waals surface area contributed by atoms with E-state index in [1.165, 1.54) is 0 Å². The molecule has 0 atom stereocenters. The molecule has 0 saturated carbocycles. The van der Waals surface area contributed by atoms with Gasteiger partial charge in [-0.3, -0.25) is 4.79 Å². The third-order valence-electron chi connectivity index (χ3n) is 1.74. The molecule has 0 radical (unpaired) electrons. The summed E-state index contributed by atoms with van der Waals surface area (Å²) >= 11 is 0. The molecular weight excluding hydrogens is 246 g/mol. The van der Waals surface area contributed by atoms with Crippen molar-refractivity contribution in [3.63, 3.8) is 0 Å². The molecule has 76 valence electrons. The van der Waals surface area contributed by atoms with E-state index in [1.807, 2.05) is 29.1 Å². The molecule has 0 aromatic carbocycles. The van der Waals surface area contributed by atoms with Crippen molar-refractivity contribution in [2.45, 2.75) is 13.0 Å². The molecule has 0 aliphatic carbocycles. The van der Waals surface area contributed by atoms with E-state index in [-0.39, 0.29) is 23.4 Å². The van der Waals surface area contributed by atoms with E-state index in [0.717, 1.165) is 5.56 Å². The van der Waals surface area contributed by atoms with Gasteiger partial charge in [0.1, 0.15) is 6.42 Å². The van der Waals surface area contributed by atoms with Crippen molar-refractivity contribution < 1.29 is 31.4 Å². The fraction of sp³-hybridized carbons (Fsp3) is 0.200. The Morgan fingerprint density at radius 3 is 2.50 bits per heavy atom. The molecule has 1 heterocycles. The lowest BCUT2D eigenvalue weighted by atomic mass is 10.2. The second kappa shape index (κ2) is 6.32. The van der Waals surface area contributed by atoms with E-state index in [1.54, 1.807) is 6.08 Å². The third-order valence-corrected chi connectivity index (χ3v) is 1.74. The lowest BCUT2D eigenvalue weighted by molar-refractivity contribution is -0.696. The maximum atomic E-state index is 10.3. The Morgan fingerprint density at radius 1 is 1.50 bits per heavy atom. The number of hydrogen-bond donors (Lipinski definition) is 1. The van der Waals surface area contributed by atoms with Crippen LogP contribution in [0, 0.1) is 0 Å². The number of halogens is 1. The smallest absolute Gasteiger partial charge is 0.309 e. The maximum absolute atomic E-state index is 10.3. The van der Waals surface area contributed by atoms with Crippen LogP contribution in [0.15, 0.2) is 31.1 Å². The molecule has 0 aliphatic heterocycles. The molecule has 1 N–H and O–H groups in total. The van der Waals surface area contributed by atoms with Crippen molar-refractivity contribution in [3.05, 3.63) is 36.7 Å². The van der Waals surface area contributed by atoms with Crippen molar-refractivity contribution in [1.82, 2.24) is 0 Å². The Kier molecular flexibility index (Phi) is 5.79. The average Bonchev–Trinajstić information content (AvgIpc) is 2.15. The minimum Gasteiger partial charge on any atom is -1.00 e. The van der Waals surface area contributed by atoms with Crippen LogP contribution in [-0.2, 0) is 11.3 Å². The number of carboxylic acids is 1. The number of aliphatic carboxylic acids is 1. The highest BCUT2D eigenvalue weighted by Gasteiger charge is 2.03. The van der Waals surface area contributed by atoms with Gasteiger partial charge in [0.15, 0.2) is 18.9 Å². The molecule has 1 rings (SSSR count). The summed E-state index contributed by atoms with van der Waals surface area (Å²) in [5, 5.41) is 8.45. The first-order valence-electron chi connectivity index (χ1n) is 4.05. The minimum absolute atomic E-state index is 0. The number of carbonyl (C=O) groups is 1. The van der Waals surface area contributed by atoms with Gasteiger partial charge in [0.05, 0.1) is 0 Å². The summed E-state index contributed by atoms with van der Waals surface area (Å²) in [6, 6.07) is 3.80. The molecule has 0 unspecified atom stereocenters. The summed E-state index contributed by atoms with van der Waals surface area (Å²) in [5.41, 5.74) is 1.03. The Hall–Kier alpha value is -1.16. The zero-order valence-corrected chi connectivity index (χ0v) is 9.27. The van der Waals surface area contributed by atoms with Gasteiger partial charge in [0.2, 0.25) is 0 Å². The maximum Gasteiger partial charge on any atom is 0.309 e. The number of pyridine rings is 1. The predicted octanol–water partition coefficient (Wildman–Crippen LogP) is -1.90. The summed E-state index contributed by atoms with van der Waals surface area (Å²) in [5.74, 6) is -0.778. The number of nitrogens with zero attached hydrogens (tertiary/aromatic N) is 1. The molecule has 0 spiro atoms. The van der Waals surface area contributed by atoms with Crippen LogP contribution in [0.1, 0.15) is 12.0 Å². The molecule has 0 bridgehead atoms. The highest BCUT2D eigenvalue weighted by Crippen LogP contribution is 1.95. The molecule has 4 heteroatoms. The van der Waals surface area contributed by atoms with Gasteiger partial charge in [0.25, 0.3) is 0 Å². The molecule has 0 amide bonds. The first kappa shape index (κ1) is 12.8. The highest BCUT2D eigenvalue weighted by molar-refractivity contribution is 5.66. The van der Waals surface area contributed by atoms with Crippen LogP contribution in [-0.4, -0.2) is 11.1 Å². The van der Waals surface area contributed by atoms with E-state index in [2.05, 4.69) is 6.58 Å². The second-order valence-corrected chi connectivity index (χ2v) is 2.72. The summed E-state index contributed by atoms with van der Waals surface area (Å²) in [6.45, 7) is 4.14. The van der Waals surface area contributed by atoms with Crippen LogP contribution >= 0.6 is 0 Å². The van der Waals surface area contributed by atoms with Crippen molar-refractivity contribution in [2.75, 3.05) is 0 Å². The van der Waals surface area contributed by atoms with E-state index >= 15 is 0 Å². The van der Waals surface area contributed by atoms with Crippen molar-refractivity contribution in [3.8, 4) is 0 Å². The molecule has 1 aromatic heterocycles. The van der Waals surface area contributed by atoms with Gasteiger partial charge in [0, 0.05) is 12.1 Å². The van der Waals surface area contributed by atoms with E-state index < -0.39 is 5.97 Å². The Balaban J connectivity index is 0.00000169. The molecular formula is C10H12BrNO2. The van der Waals surface area contributed by atoms with Crippen LogP contribution in [0.25, 0.3) is 6.08 Å². The Labute approximate surface area is 93.5 Å². The second-order valence-electron chi connectivity index (χ2n) is 2.72. The van der Waals surface area contributed by atoms with Gasteiger partial charge in [-0.25, -0.2) is 4.57 Å². The average molecular weight is 258 g/mol. The van der Waals surface area contributed by atoms with Gasteiger partial charge < -0.3 is 22.1 Å². The van der Waals surface area contributed by atoms with Gasteiger partial charge in [-0.05, 0) is 5.56 Å². The first-order valence-corrected chi connectivity index (χ1v) is 4.05. The molecule has 0 fully saturated rings. The minimum atomic E-state index is -0.778. The number of carboxylic acid groups (broad SMARTS) is 1. The van der Waals surface area contributed by atoms with E-state index in [9.17, 15) is 4.79 Å². The van der Waals surface area contributed by atoms with E-state index in [4.69, 9.17) is 5.11 Å². The number of aryl methyl sites for hydroxylation is 1. The van der Waals surface area contributed by atoms with Gasteiger partial charge in [-0.2, -0.15) is 0 Å². The topological polar surface area (TPSA) is 41.2 Å². The van der Waals surface area contributed by atoms with Gasteiger partial charge in [-0.1, -0.05) is 12.7 Å². The zero-order chi connectivity index (χ0) is 9.68. The largest absolute Gasteiger partial charge is 1.00 e. The molecule has 0 saturated heterocycles. The summed E-state index contributed by atoms with van der Waals surface area (Å²) in [7, 11) is 0. The number of rotatable bonds is 4. The number of hydrogen-bond acceptors (Lipinski definition) is 1. The summed E-state index contributed by atoms with van der Waals surface area (Å²) in [6.07, 6.45) is 5.60. The van der Waals surface area contributed by atoms with Crippen LogP contribution in [0.3, 0.4) is 0 Å². The molecule has 3 nitrogen and oxygen atoms in total. The lowest BCUT2D eigenvalue weighted by Gasteiger charge is -1.94. The monoisotopic (exact) mass is 257 g/mol. The van der Waals surface area contributed by atoms with Crippen LogP contribution in [0.4, 0.5) is 0 Å². The summed E-state index contributed by atoms with van der Waals surface area (Å²) < 4.78 is 1.83. The van der Waals surface area contributed by atoms with Crippen LogP contribution in [0.2, 0.25) is 0 Å². The molecule has 14 heavy (non-hydrogen) atoms. The highest BCUT2D eigenvalue weighted by atomic mass is 79.9. The zero-order valence-electron chi connectivity index (χ0n) is 7.69. The SMILES string of the molecule is C=Cc1cc[n+](CCC(=O)O)cc1.[Br-]. The summed E-state index contributed by atoms with van der Waals surface area (Å²) in [4.78, 5) is 10.3. The predicted molar refractivity (Wildman–Crippen MR) is 49.0 cm³/mol. The fourth-order valence-electron chi connectivity index (χ4n) is 0.979. The van der Waals surface area contributed by atoms with Crippen molar-refractivity contribution >= 4 is 12.0 Å². The standard InChI is InChI=1S/C10H11NO2.BrH/c1-2-9-3-6-11(7-4-9)8-5-10(12)13;/h2-4,6-7H,1,5,8H2;1H. The third kappa shape index (κ3) is 4.18. The first-order chi connectivity index (χ1) is 6.22. The molecule has 1 aromatic rings. The fourth-order valence-corrected chi connectivity index (χ4v) is 0.979. The van der Waals surface area contributed by atoms with Crippen LogP contribution in [0.5, 0.6) is 0 Å². The van der Waals surface area contributed by atoms with Gasteiger partial charge >= 0.3 is 5.97 Å². The van der Waals surface area contributed by atoms with Crippen LogP contribution < -0.4 is 21.5 Å². The van der Waals surface area contributed by atoms with Crippen molar-refractivity contribution in [1.29, 1.82) is 0 Å². The Morgan fingerprint density at radius 2 is 2.07 bits per heavy atom. The van der Waals surface area contributed by atoms with Crippen molar-refractivity contribution in [2.24, 2.45) is 0 Å². The normalized spacial score (nSPS) is 8.86. The number of aromatic nitrogens is 1. The molecule has 0 aliphatic rings. The lowest BCUT2D eigenvalue weighted by Crippen LogP contribution is -3.00. The Bertz CT molecular complexity index is 308. The van der Waals surface area contributed by atoms with Gasteiger partial charge in [-0.15, -0.1) is 0 Å².